The zero-order chi connectivity index (χ0) is 13.7. The average molecular weight is 261 g/mol. The first-order valence-corrected chi connectivity index (χ1v) is 6.94. The largest absolute Gasteiger partial charge is 0.278 e. The highest BCUT2D eigenvalue weighted by Gasteiger charge is 2.12. The second kappa shape index (κ2) is 4.04. The van der Waals surface area contributed by atoms with E-state index < -0.39 is 0 Å². The zero-order valence-electron chi connectivity index (χ0n) is 11.6. The van der Waals surface area contributed by atoms with Gasteiger partial charge in [0, 0.05) is 17.2 Å². The molecule has 0 saturated heterocycles. The molecule has 4 aromatic rings. The van der Waals surface area contributed by atoms with Crippen LogP contribution in [0.4, 0.5) is 0 Å². The van der Waals surface area contributed by atoms with Crippen molar-refractivity contribution in [3.63, 3.8) is 0 Å². The summed E-state index contributed by atoms with van der Waals surface area (Å²) in [6.45, 7) is 4.25. The summed E-state index contributed by atoms with van der Waals surface area (Å²) in [5, 5.41) is 12.4. The molecule has 98 valence electrons. The molecule has 2 aromatic heterocycles. The van der Waals surface area contributed by atoms with Crippen molar-refractivity contribution in [2.45, 2.75) is 20.3 Å². The van der Waals surface area contributed by atoms with Crippen molar-refractivity contribution in [2.24, 2.45) is 0 Å². The van der Waals surface area contributed by atoms with Gasteiger partial charge in [0.05, 0.1) is 5.52 Å². The lowest BCUT2D eigenvalue weighted by molar-refractivity contribution is 0.922. The highest BCUT2D eigenvalue weighted by atomic mass is 15.2. The molecule has 0 amide bonds. The van der Waals surface area contributed by atoms with Gasteiger partial charge in [-0.2, -0.15) is 0 Å². The molecule has 20 heavy (non-hydrogen) atoms. The molecule has 2 heterocycles. The molecule has 0 aliphatic carbocycles. The quantitative estimate of drug-likeness (QED) is 0.486. The van der Waals surface area contributed by atoms with Gasteiger partial charge in [0.1, 0.15) is 5.82 Å². The average Bonchev–Trinajstić information content (AvgIpc) is 2.91. The van der Waals surface area contributed by atoms with E-state index in [1.165, 1.54) is 21.9 Å². The number of aryl methyl sites for hydroxylation is 2. The second-order valence-electron chi connectivity index (χ2n) is 5.19. The van der Waals surface area contributed by atoms with Crippen LogP contribution in [0.15, 0.2) is 42.5 Å². The van der Waals surface area contributed by atoms with Crippen molar-refractivity contribution in [1.82, 2.24) is 14.6 Å². The summed E-state index contributed by atoms with van der Waals surface area (Å²) in [5.74, 6) is 1.01. The molecule has 0 unspecified atom stereocenters. The molecule has 0 aliphatic rings. The minimum absolute atomic E-state index is 0.877. The normalized spacial score (nSPS) is 11.7. The van der Waals surface area contributed by atoms with E-state index in [9.17, 15) is 0 Å². The molecule has 2 aromatic carbocycles. The van der Waals surface area contributed by atoms with Crippen LogP contribution in [0, 0.1) is 6.92 Å². The van der Waals surface area contributed by atoms with Crippen molar-refractivity contribution in [2.75, 3.05) is 0 Å². The Labute approximate surface area is 116 Å². The third-order valence-corrected chi connectivity index (χ3v) is 3.90. The third-order valence-electron chi connectivity index (χ3n) is 3.90. The van der Waals surface area contributed by atoms with E-state index in [0.717, 1.165) is 23.3 Å². The highest BCUT2D eigenvalue weighted by molar-refractivity contribution is 6.11. The number of nitrogens with zero attached hydrogens (tertiary/aromatic N) is 3. The maximum absolute atomic E-state index is 4.40. The standard InChI is InChI=1S/C17H15N3/c1-3-16-18-19-17-13-7-5-4-6-12(13)14-10-11(2)8-9-15(14)20(16)17/h4-10H,3H2,1-2H3. The number of aromatic nitrogens is 3. The summed E-state index contributed by atoms with van der Waals surface area (Å²) < 4.78 is 2.19. The Morgan fingerprint density at radius 3 is 2.55 bits per heavy atom. The Hall–Kier alpha value is -2.42. The van der Waals surface area contributed by atoms with Crippen LogP contribution in [0.25, 0.3) is 27.3 Å². The molecule has 3 nitrogen and oxygen atoms in total. The van der Waals surface area contributed by atoms with Gasteiger partial charge in [-0.1, -0.05) is 42.8 Å². The van der Waals surface area contributed by atoms with Crippen LogP contribution in [0.3, 0.4) is 0 Å². The predicted octanol–water partition coefficient (Wildman–Crippen LogP) is 3.91. The minimum Gasteiger partial charge on any atom is -0.278 e. The van der Waals surface area contributed by atoms with Gasteiger partial charge in [-0.25, -0.2) is 0 Å². The van der Waals surface area contributed by atoms with E-state index in [1.807, 2.05) is 0 Å². The van der Waals surface area contributed by atoms with Crippen LogP contribution in [0.1, 0.15) is 18.3 Å². The van der Waals surface area contributed by atoms with Crippen molar-refractivity contribution < 1.29 is 0 Å². The van der Waals surface area contributed by atoms with Crippen molar-refractivity contribution >= 4 is 27.3 Å². The molecule has 3 heteroatoms. The first-order chi connectivity index (χ1) is 9.79. The van der Waals surface area contributed by atoms with Gasteiger partial charge < -0.3 is 0 Å². The molecule has 0 bridgehead atoms. The summed E-state index contributed by atoms with van der Waals surface area (Å²) in [6.07, 6.45) is 0.877. The van der Waals surface area contributed by atoms with Crippen molar-refractivity contribution in [3.05, 3.63) is 53.9 Å². The summed E-state index contributed by atoms with van der Waals surface area (Å²) in [7, 11) is 0. The highest BCUT2D eigenvalue weighted by Crippen LogP contribution is 2.29. The second-order valence-corrected chi connectivity index (χ2v) is 5.19. The number of fused-ring (bicyclic) bond motifs is 6. The molecular formula is C17H15N3. The Morgan fingerprint density at radius 1 is 0.950 bits per heavy atom. The Morgan fingerprint density at radius 2 is 1.75 bits per heavy atom. The molecule has 0 saturated carbocycles. The fraction of sp³-hybridized carbons (Fsp3) is 0.176. The topological polar surface area (TPSA) is 30.2 Å². The van der Waals surface area contributed by atoms with Crippen molar-refractivity contribution in [3.8, 4) is 0 Å². The minimum atomic E-state index is 0.877. The summed E-state index contributed by atoms with van der Waals surface area (Å²) in [6, 6.07) is 15.0. The fourth-order valence-corrected chi connectivity index (χ4v) is 2.95. The maximum atomic E-state index is 4.40. The molecule has 4 rings (SSSR count). The third kappa shape index (κ3) is 1.40. The van der Waals surface area contributed by atoms with Gasteiger partial charge in [-0.15, -0.1) is 10.2 Å². The van der Waals surface area contributed by atoms with Gasteiger partial charge in [-0.05, 0) is 24.4 Å². The summed E-state index contributed by atoms with van der Waals surface area (Å²) in [4.78, 5) is 0. The van der Waals surface area contributed by atoms with Gasteiger partial charge in [-0.3, -0.25) is 4.40 Å². The van der Waals surface area contributed by atoms with Crippen LogP contribution < -0.4 is 0 Å². The number of hydrogen-bond donors (Lipinski definition) is 0. The number of rotatable bonds is 1. The lowest BCUT2D eigenvalue weighted by Crippen LogP contribution is -1.96. The van der Waals surface area contributed by atoms with E-state index >= 15 is 0 Å². The van der Waals surface area contributed by atoms with Crippen LogP contribution in [-0.4, -0.2) is 14.6 Å². The van der Waals surface area contributed by atoms with Crippen LogP contribution in [-0.2, 0) is 6.42 Å². The first-order valence-electron chi connectivity index (χ1n) is 6.94. The number of benzene rings is 2. The van der Waals surface area contributed by atoms with Crippen molar-refractivity contribution in [1.29, 1.82) is 0 Å². The predicted molar refractivity (Wildman–Crippen MR) is 82.1 cm³/mol. The van der Waals surface area contributed by atoms with E-state index in [2.05, 4.69) is 70.9 Å². The molecular weight excluding hydrogens is 246 g/mol. The smallest absolute Gasteiger partial charge is 0.169 e. The van der Waals surface area contributed by atoms with Gasteiger partial charge in [0.2, 0.25) is 0 Å². The molecule has 0 radical (unpaired) electrons. The monoisotopic (exact) mass is 261 g/mol. The van der Waals surface area contributed by atoms with Gasteiger partial charge in [0.15, 0.2) is 5.65 Å². The number of pyridine rings is 1. The molecule has 0 fully saturated rings. The van der Waals surface area contributed by atoms with Crippen LogP contribution in [0.2, 0.25) is 0 Å². The van der Waals surface area contributed by atoms with E-state index in [0.29, 0.717) is 0 Å². The van der Waals surface area contributed by atoms with Crippen LogP contribution in [0.5, 0.6) is 0 Å². The van der Waals surface area contributed by atoms with E-state index in [4.69, 9.17) is 0 Å². The Kier molecular flexibility index (Phi) is 2.30. The first kappa shape index (κ1) is 11.4. The maximum Gasteiger partial charge on any atom is 0.169 e. The molecule has 0 N–H and O–H groups in total. The summed E-state index contributed by atoms with van der Waals surface area (Å²) in [5.41, 5.74) is 3.41. The van der Waals surface area contributed by atoms with Gasteiger partial charge in [0.25, 0.3) is 0 Å². The van der Waals surface area contributed by atoms with E-state index in [-0.39, 0.29) is 0 Å². The lowest BCUT2D eigenvalue weighted by Gasteiger charge is -2.09. The molecule has 0 atom stereocenters. The Balaban J connectivity index is 2.39. The molecule has 0 spiro atoms. The van der Waals surface area contributed by atoms with Gasteiger partial charge >= 0.3 is 0 Å². The lowest BCUT2D eigenvalue weighted by atomic mass is 10.0. The fourth-order valence-electron chi connectivity index (χ4n) is 2.95. The van der Waals surface area contributed by atoms with Crippen LogP contribution >= 0.6 is 0 Å². The molecule has 0 aliphatic heterocycles. The number of hydrogen-bond acceptors (Lipinski definition) is 2. The van der Waals surface area contributed by atoms with E-state index in [1.54, 1.807) is 0 Å². The zero-order valence-corrected chi connectivity index (χ0v) is 11.6. The Bertz CT molecular complexity index is 951. The summed E-state index contributed by atoms with van der Waals surface area (Å²) >= 11 is 0. The SMILES string of the molecule is CCc1nnc2c3ccccc3c3cc(C)ccc3n12.